The number of carbonyl (C=O) groups is 2. The van der Waals surface area contributed by atoms with Gasteiger partial charge in [-0.05, 0) is 25.8 Å². The summed E-state index contributed by atoms with van der Waals surface area (Å²) in [7, 11) is 0. The molecule has 1 heterocycles. The molecule has 1 aliphatic rings. The topological polar surface area (TPSA) is 97.9 Å². The number of thioether (sulfide) groups is 1. The molecule has 1 aromatic carbocycles. The Bertz CT molecular complexity index is 518. The molecule has 22 heavy (non-hydrogen) atoms. The molecule has 2 atom stereocenters. The van der Waals surface area contributed by atoms with E-state index < -0.39 is 12.0 Å². The zero-order valence-electron chi connectivity index (χ0n) is 12.8. The lowest BCUT2D eigenvalue weighted by Crippen LogP contribution is -2.44. The number of hydrogen-bond acceptors (Lipinski definition) is 4. The highest BCUT2D eigenvalue weighted by Crippen LogP contribution is 2.39. The lowest BCUT2D eigenvalue weighted by atomic mass is 10.0. The summed E-state index contributed by atoms with van der Waals surface area (Å²) in [5, 5.41) is 12.3. The Balaban J connectivity index is 0.00000242. The van der Waals surface area contributed by atoms with E-state index in [1.165, 1.54) is 0 Å². The number of rotatable bonds is 6. The van der Waals surface area contributed by atoms with Crippen molar-refractivity contribution in [3.8, 4) is 0 Å². The predicted octanol–water partition coefficient (Wildman–Crippen LogP) is 1.65. The van der Waals surface area contributed by atoms with Crippen LogP contribution in [0.3, 0.4) is 0 Å². The maximum atomic E-state index is 12.0. The van der Waals surface area contributed by atoms with E-state index in [0.717, 1.165) is 5.56 Å². The van der Waals surface area contributed by atoms with Gasteiger partial charge < -0.3 is 10.6 Å². The van der Waals surface area contributed by atoms with Gasteiger partial charge in [0.05, 0.1) is 5.37 Å². The van der Waals surface area contributed by atoms with E-state index in [2.05, 4.69) is 5.32 Å². The van der Waals surface area contributed by atoms with Crippen LogP contribution in [0, 0.1) is 0 Å². The van der Waals surface area contributed by atoms with Gasteiger partial charge in [0.1, 0.15) is 11.8 Å². The molecular formula is C16H23NO4S. The van der Waals surface area contributed by atoms with E-state index in [4.69, 9.17) is 0 Å². The third-order valence-corrected chi connectivity index (χ3v) is 5.17. The Hall–Kier alpha value is -1.37. The van der Waals surface area contributed by atoms with Gasteiger partial charge in [0.25, 0.3) is 0 Å². The summed E-state index contributed by atoms with van der Waals surface area (Å²) < 4.78 is -0.348. The van der Waals surface area contributed by atoms with E-state index in [1.807, 2.05) is 44.2 Å². The second-order valence-electron chi connectivity index (χ2n) is 5.89. The monoisotopic (exact) mass is 325 g/mol. The van der Waals surface area contributed by atoms with Crippen molar-refractivity contribution in [3.05, 3.63) is 35.9 Å². The average molecular weight is 325 g/mol. The fraction of sp³-hybridized carbons (Fsp3) is 0.500. The Morgan fingerprint density at radius 1 is 1.27 bits per heavy atom. The Morgan fingerprint density at radius 2 is 1.91 bits per heavy atom. The number of aliphatic carboxylic acids is 1. The number of nitrogens with one attached hydrogen (secondary N) is 1. The van der Waals surface area contributed by atoms with Gasteiger partial charge in [0.2, 0.25) is 0 Å². The quantitative estimate of drug-likeness (QED) is 0.828. The summed E-state index contributed by atoms with van der Waals surface area (Å²) >= 11 is 1.61. The second-order valence-corrected chi connectivity index (χ2v) is 7.74. The summed E-state index contributed by atoms with van der Waals surface area (Å²) in [6.07, 6.45) is 1.59. The van der Waals surface area contributed by atoms with Crippen LogP contribution < -0.4 is 5.32 Å². The molecule has 1 aliphatic heterocycles. The number of carboxylic acid groups (broad SMARTS) is 1. The highest BCUT2D eigenvalue weighted by atomic mass is 32.2. The molecule has 1 fully saturated rings. The fourth-order valence-electron chi connectivity index (χ4n) is 2.57. The molecule has 0 aromatic heterocycles. The first-order chi connectivity index (χ1) is 9.88. The van der Waals surface area contributed by atoms with Crippen LogP contribution in [0.2, 0.25) is 0 Å². The van der Waals surface area contributed by atoms with E-state index in [1.54, 1.807) is 11.8 Å². The number of ketones is 1. The van der Waals surface area contributed by atoms with Crippen molar-refractivity contribution in [2.45, 2.75) is 49.3 Å². The standard InChI is InChI=1S/C16H21NO3S.H2O/c1-16(2)14(15(19)20)17-13(21-16)9-8-12(18)10-11-6-4-3-5-7-11;/h3-7,13-14,17H,8-10H2,1-2H3,(H,19,20);1H2. The Kier molecular flexibility index (Phi) is 6.59. The molecule has 0 radical (unpaired) electrons. The third kappa shape index (κ3) is 4.83. The van der Waals surface area contributed by atoms with Crippen molar-refractivity contribution in [1.82, 2.24) is 5.32 Å². The molecule has 6 heteroatoms. The molecule has 0 amide bonds. The summed E-state index contributed by atoms with van der Waals surface area (Å²) in [4.78, 5) is 23.2. The average Bonchev–Trinajstić information content (AvgIpc) is 2.73. The summed E-state index contributed by atoms with van der Waals surface area (Å²) in [5.74, 6) is -0.634. The van der Waals surface area contributed by atoms with Crippen molar-refractivity contribution in [1.29, 1.82) is 0 Å². The van der Waals surface area contributed by atoms with Gasteiger partial charge in [-0.3, -0.25) is 14.9 Å². The van der Waals surface area contributed by atoms with E-state index in [9.17, 15) is 14.7 Å². The van der Waals surface area contributed by atoms with Gasteiger partial charge in [0.15, 0.2) is 0 Å². The highest BCUT2D eigenvalue weighted by Gasteiger charge is 2.44. The van der Waals surface area contributed by atoms with Gasteiger partial charge in [-0.25, -0.2) is 0 Å². The van der Waals surface area contributed by atoms with Crippen molar-refractivity contribution in [2.75, 3.05) is 0 Å². The molecule has 5 nitrogen and oxygen atoms in total. The fourth-order valence-corrected chi connectivity index (χ4v) is 4.05. The molecule has 4 N–H and O–H groups in total. The molecule has 0 aliphatic carbocycles. The minimum atomic E-state index is -0.828. The first kappa shape index (κ1) is 18.7. The second kappa shape index (κ2) is 7.76. The SMILES string of the molecule is CC1(C)SC(CCC(=O)Cc2ccccc2)NC1C(=O)O.O. The van der Waals surface area contributed by atoms with Gasteiger partial charge in [-0.2, -0.15) is 0 Å². The van der Waals surface area contributed by atoms with Gasteiger partial charge in [0, 0.05) is 17.6 Å². The van der Waals surface area contributed by atoms with Crippen molar-refractivity contribution in [3.63, 3.8) is 0 Å². The van der Waals surface area contributed by atoms with Crippen LogP contribution in [0.15, 0.2) is 30.3 Å². The van der Waals surface area contributed by atoms with Crippen LogP contribution in [0.5, 0.6) is 0 Å². The van der Waals surface area contributed by atoms with E-state index in [-0.39, 0.29) is 21.4 Å². The minimum absolute atomic E-state index is 0. The molecule has 0 spiro atoms. The third-order valence-electron chi connectivity index (χ3n) is 3.67. The van der Waals surface area contributed by atoms with Crippen LogP contribution in [-0.4, -0.2) is 38.5 Å². The van der Waals surface area contributed by atoms with E-state index >= 15 is 0 Å². The number of carboxylic acids is 1. The van der Waals surface area contributed by atoms with E-state index in [0.29, 0.717) is 19.3 Å². The zero-order chi connectivity index (χ0) is 15.5. The number of carbonyl (C=O) groups excluding carboxylic acids is 1. The molecule has 2 unspecified atom stereocenters. The van der Waals surface area contributed by atoms with Crippen LogP contribution in [0.4, 0.5) is 0 Å². The molecule has 122 valence electrons. The van der Waals surface area contributed by atoms with Crippen molar-refractivity contribution >= 4 is 23.5 Å². The molecule has 2 rings (SSSR count). The van der Waals surface area contributed by atoms with Crippen molar-refractivity contribution in [2.24, 2.45) is 0 Å². The molecule has 1 saturated heterocycles. The van der Waals surface area contributed by atoms with Crippen molar-refractivity contribution < 1.29 is 20.2 Å². The Labute approximate surface area is 134 Å². The summed E-state index contributed by atoms with van der Waals surface area (Å²) in [6.45, 7) is 3.85. The lowest BCUT2D eigenvalue weighted by Gasteiger charge is -2.20. The normalized spacial score (nSPS) is 22.8. The molecular weight excluding hydrogens is 302 g/mol. The number of Topliss-reactive ketones (excluding diaryl/α,β-unsaturated/α-hetero) is 1. The highest BCUT2D eigenvalue weighted by molar-refractivity contribution is 8.01. The molecule has 0 saturated carbocycles. The lowest BCUT2D eigenvalue weighted by molar-refractivity contribution is -0.139. The van der Waals surface area contributed by atoms with Crippen LogP contribution in [-0.2, 0) is 16.0 Å². The predicted molar refractivity (Wildman–Crippen MR) is 88.0 cm³/mol. The maximum Gasteiger partial charge on any atom is 0.322 e. The summed E-state index contributed by atoms with van der Waals surface area (Å²) in [6, 6.07) is 9.13. The number of hydrogen-bond donors (Lipinski definition) is 2. The van der Waals surface area contributed by atoms with Gasteiger partial charge in [-0.15, -0.1) is 11.8 Å². The first-order valence-electron chi connectivity index (χ1n) is 7.11. The minimum Gasteiger partial charge on any atom is -0.480 e. The molecule has 0 bridgehead atoms. The van der Waals surface area contributed by atoms with Crippen LogP contribution >= 0.6 is 11.8 Å². The van der Waals surface area contributed by atoms with Gasteiger partial charge >= 0.3 is 5.97 Å². The first-order valence-corrected chi connectivity index (χ1v) is 7.99. The Morgan fingerprint density at radius 3 is 2.45 bits per heavy atom. The number of benzene rings is 1. The van der Waals surface area contributed by atoms with Crippen LogP contribution in [0.25, 0.3) is 0 Å². The smallest absolute Gasteiger partial charge is 0.322 e. The zero-order valence-corrected chi connectivity index (χ0v) is 13.7. The maximum absolute atomic E-state index is 12.0. The molecule has 1 aromatic rings. The summed E-state index contributed by atoms with van der Waals surface area (Å²) in [5.41, 5.74) is 1.03. The van der Waals surface area contributed by atoms with Crippen LogP contribution in [0.1, 0.15) is 32.3 Å². The van der Waals surface area contributed by atoms with Gasteiger partial charge in [-0.1, -0.05) is 30.3 Å². The largest absolute Gasteiger partial charge is 0.480 e.